The fourth-order valence-electron chi connectivity index (χ4n) is 2.96. The van der Waals surface area contributed by atoms with Crippen LogP contribution in [0.3, 0.4) is 0 Å². The highest BCUT2D eigenvalue weighted by molar-refractivity contribution is 5.80. The lowest BCUT2D eigenvalue weighted by molar-refractivity contribution is -0.139. The molecule has 2 amide bonds. The van der Waals surface area contributed by atoms with E-state index in [1.54, 1.807) is 14.2 Å². The first-order valence-corrected chi connectivity index (χ1v) is 8.85. The number of rotatable bonds is 7. The minimum atomic E-state index is 0.0672. The number of methoxy groups -OCH3 is 2. The fourth-order valence-corrected chi connectivity index (χ4v) is 2.96. The summed E-state index contributed by atoms with van der Waals surface area (Å²) < 4.78 is 10.5. The fraction of sp³-hybridized carbons (Fsp3) is 0.579. The molecule has 0 saturated carbocycles. The van der Waals surface area contributed by atoms with Crippen LogP contribution >= 0.6 is 0 Å². The molecule has 1 aliphatic rings. The van der Waals surface area contributed by atoms with E-state index in [0.717, 1.165) is 12.1 Å². The Labute approximate surface area is 155 Å². The van der Waals surface area contributed by atoms with Gasteiger partial charge < -0.3 is 24.2 Å². The number of hydrogen-bond acceptors (Lipinski definition) is 5. The molecule has 144 valence electrons. The van der Waals surface area contributed by atoms with Crippen LogP contribution in [-0.2, 0) is 16.0 Å². The average Bonchev–Trinajstić information content (AvgIpc) is 2.65. The number of benzene rings is 1. The van der Waals surface area contributed by atoms with Gasteiger partial charge in [-0.25, -0.2) is 0 Å². The van der Waals surface area contributed by atoms with Crippen molar-refractivity contribution < 1.29 is 19.1 Å². The molecule has 1 aromatic rings. The second-order valence-corrected chi connectivity index (χ2v) is 6.68. The molecule has 1 heterocycles. The second kappa shape index (κ2) is 9.43. The molecule has 0 spiro atoms. The third-order valence-corrected chi connectivity index (χ3v) is 4.56. The third-order valence-electron chi connectivity index (χ3n) is 4.56. The molecule has 7 nitrogen and oxygen atoms in total. The second-order valence-electron chi connectivity index (χ2n) is 6.68. The molecule has 0 unspecified atom stereocenters. The molecule has 0 N–H and O–H groups in total. The van der Waals surface area contributed by atoms with Gasteiger partial charge in [-0.2, -0.15) is 0 Å². The van der Waals surface area contributed by atoms with Gasteiger partial charge in [0, 0.05) is 39.1 Å². The van der Waals surface area contributed by atoms with Crippen molar-refractivity contribution in [2.24, 2.45) is 0 Å². The van der Waals surface area contributed by atoms with E-state index in [0.29, 0.717) is 50.5 Å². The van der Waals surface area contributed by atoms with Gasteiger partial charge in [0.25, 0.3) is 0 Å². The topological polar surface area (TPSA) is 62.3 Å². The van der Waals surface area contributed by atoms with Crippen molar-refractivity contribution in [3.8, 4) is 11.5 Å². The molecule has 0 aliphatic carbocycles. The predicted octanol–water partition coefficient (Wildman–Crippen LogP) is 0.869. The quantitative estimate of drug-likeness (QED) is 0.719. The van der Waals surface area contributed by atoms with Crippen molar-refractivity contribution in [1.82, 2.24) is 14.7 Å². The lowest BCUT2D eigenvalue weighted by atomic mass is 10.1. The zero-order valence-corrected chi connectivity index (χ0v) is 16.2. The molecule has 1 saturated heterocycles. The summed E-state index contributed by atoms with van der Waals surface area (Å²) >= 11 is 0. The Morgan fingerprint density at radius 2 is 1.54 bits per heavy atom. The van der Waals surface area contributed by atoms with Crippen molar-refractivity contribution >= 4 is 11.8 Å². The summed E-state index contributed by atoms with van der Waals surface area (Å²) in [4.78, 5) is 30.4. The normalized spacial score (nSPS) is 14.5. The molecular weight excluding hydrogens is 334 g/mol. The Hall–Kier alpha value is -2.28. The molecule has 1 aliphatic heterocycles. The van der Waals surface area contributed by atoms with E-state index in [4.69, 9.17) is 9.47 Å². The van der Waals surface area contributed by atoms with Crippen LogP contribution in [0.4, 0.5) is 0 Å². The number of ether oxygens (including phenoxy) is 2. The molecule has 0 atom stereocenters. The van der Waals surface area contributed by atoms with Gasteiger partial charge in [-0.3, -0.25) is 9.59 Å². The summed E-state index contributed by atoms with van der Waals surface area (Å²) in [6.07, 6.45) is 0.835. The van der Waals surface area contributed by atoms with E-state index in [-0.39, 0.29) is 11.8 Å². The maximum absolute atomic E-state index is 12.6. The van der Waals surface area contributed by atoms with Gasteiger partial charge in [-0.1, -0.05) is 6.07 Å². The molecule has 0 bridgehead atoms. The number of carbonyl (C=O) groups excluding carboxylic acids is 2. The Morgan fingerprint density at radius 1 is 0.962 bits per heavy atom. The molecule has 0 radical (unpaired) electrons. The highest BCUT2D eigenvalue weighted by Gasteiger charge is 2.24. The molecule has 0 aromatic heterocycles. The van der Waals surface area contributed by atoms with E-state index >= 15 is 0 Å². The van der Waals surface area contributed by atoms with Crippen LogP contribution in [0.25, 0.3) is 0 Å². The van der Waals surface area contributed by atoms with E-state index in [9.17, 15) is 9.59 Å². The van der Waals surface area contributed by atoms with Gasteiger partial charge >= 0.3 is 0 Å². The Bertz CT molecular complexity index is 625. The smallest absolute Gasteiger partial charge is 0.227 e. The Morgan fingerprint density at radius 3 is 2.08 bits per heavy atom. The van der Waals surface area contributed by atoms with Crippen molar-refractivity contribution in [1.29, 1.82) is 0 Å². The van der Waals surface area contributed by atoms with Gasteiger partial charge in [0.1, 0.15) is 0 Å². The zero-order valence-electron chi connectivity index (χ0n) is 16.2. The maximum Gasteiger partial charge on any atom is 0.227 e. The minimum absolute atomic E-state index is 0.0672. The van der Waals surface area contributed by atoms with Crippen LogP contribution in [0.5, 0.6) is 11.5 Å². The maximum atomic E-state index is 12.6. The molecular formula is C19H29N3O4. The van der Waals surface area contributed by atoms with Crippen LogP contribution in [0.2, 0.25) is 0 Å². The summed E-state index contributed by atoms with van der Waals surface area (Å²) in [6.45, 7) is 3.12. The lowest BCUT2D eigenvalue weighted by Gasteiger charge is -2.35. The largest absolute Gasteiger partial charge is 0.493 e. The van der Waals surface area contributed by atoms with Crippen LogP contribution in [0.1, 0.15) is 12.0 Å². The van der Waals surface area contributed by atoms with Crippen LogP contribution in [0, 0.1) is 0 Å². The highest BCUT2D eigenvalue weighted by atomic mass is 16.5. The van der Waals surface area contributed by atoms with Gasteiger partial charge in [0.2, 0.25) is 11.8 Å². The van der Waals surface area contributed by atoms with Crippen LogP contribution in [-0.4, -0.2) is 87.6 Å². The molecule has 7 heteroatoms. The number of nitrogens with zero attached hydrogens (tertiary/aromatic N) is 3. The molecule has 1 fully saturated rings. The van der Waals surface area contributed by atoms with Gasteiger partial charge in [-0.15, -0.1) is 0 Å². The lowest BCUT2D eigenvalue weighted by Crippen LogP contribution is -2.51. The number of hydrogen-bond donors (Lipinski definition) is 0. The first kappa shape index (κ1) is 20.0. The summed E-state index contributed by atoms with van der Waals surface area (Å²) in [5.74, 6) is 1.49. The van der Waals surface area contributed by atoms with Crippen LogP contribution < -0.4 is 9.47 Å². The van der Waals surface area contributed by atoms with Crippen molar-refractivity contribution in [2.75, 3.05) is 61.0 Å². The van der Waals surface area contributed by atoms with Crippen molar-refractivity contribution in [3.05, 3.63) is 23.8 Å². The summed E-state index contributed by atoms with van der Waals surface area (Å²) in [6, 6.07) is 5.51. The summed E-state index contributed by atoms with van der Waals surface area (Å²) in [7, 11) is 7.08. The van der Waals surface area contributed by atoms with Crippen LogP contribution in [0.15, 0.2) is 18.2 Å². The van der Waals surface area contributed by atoms with Gasteiger partial charge in [0.15, 0.2) is 11.5 Å². The van der Waals surface area contributed by atoms with Gasteiger partial charge in [0.05, 0.1) is 20.6 Å². The number of carbonyl (C=O) groups is 2. The molecule has 1 aromatic carbocycles. The summed E-state index contributed by atoms with van der Waals surface area (Å²) in [5, 5.41) is 0. The summed E-state index contributed by atoms with van der Waals surface area (Å²) in [5.41, 5.74) is 0.886. The Balaban J connectivity index is 1.86. The van der Waals surface area contributed by atoms with E-state index in [1.807, 2.05) is 47.0 Å². The highest BCUT2D eigenvalue weighted by Crippen LogP contribution is 2.27. The molecule has 26 heavy (non-hydrogen) atoms. The van der Waals surface area contributed by atoms with Crippen molar-refractivity contribution in [2.45, 2.75) is 12.8 Å². The van der Waals surface area contributed by atoms with E-state index in [2.05, 4.69) is 0 Å². The third kappa shape index (κ3) is 5.36. The monoisotopic (exact) mass is 363 g/mol. The SMILES string of the molecule is COc1ccc(CC(=O)N2CCN(C(=O)CCN(C)C)CC2)cc1OC. The Kier molecular flexibility index (Phi) is 7.26. The number of piperazine rings is 1. The first-order valence-electron chi connectivity index (χ1n) is 8.85. The average molecular weight is 363 g/mol. The minimum Gasteiger partial charge on any atom is -0.493 e. The predicted molar refractivity (Wildman–Crippen MR) is 99.6 cm³/mol. The molecule has 2 rings (SSSR count). The van der Waals surface area contributed by atoms with E-state index < -0.39 is 0 Å². The first-order chi connectivity index (χ1) is 12.4. The number of amides is 2. The standard InChI is InChI=1S/C19H29N3O4/c1-20(2)8-7-18(23)21-9-11-22(12-10-21)19(24)14-15-5-6-16(25-3)17(13-15)26-4/h5-6,13H,7-12,14H2,1-4H3. The van der Waals surface area contributed by atoms with Gasteiger partial charge in [-0.05, 0) is 31.8 Å². The zero-order chi connectivity index (χ0) is 19.1. The van der Waals surface area contributed by atoms with E-state index in [1.165, 1.54) is 0 Å². The van der Waals surface area contributed by atoms with Crippen molar-refractivity contribution in [3.63, 3.8) is 0 Å².